The lowest BCUT2D eigenvalue weighted by molar-refractivity contribution is 0.106. The first-order valence-electron chi connectivity index (χ1n) is 4.86. The number of imidazole rings is 1. The number of aromatic nitrogens is 3. The summed E-state index contributed by atoms with van der Waals surface area (Å²) in [5.74, 6) is 0.913. The predicted octanol–water partition coefficient (Wildman–Crippen LogP) is 1.81. The Labute approximate surface area is 81.3 Å². The van der Waals surface area contributed by atoms with Gasteiger partial charge in [-0.1, -0.05) is 0 Å². The van der Waals surface area contributed by atoms with Crippen LogP contribution in [0.15, 0.2) is 18.3 Å². The van der Waals surface area contributed by atoms with E-state index in [0.717, 1.165) is 36.4 Å². The summed E-state index contributed by atoms with van der Waals surface area (Å²) in [5.41, 5.74) is 1.76. The number of aromatic amines is 1. The third-order valence-electron chi connectivity index (χ3n) is 2.51. The highest BCUT2D eigenvalue weighted by Gasteiger charge is 2.20. The number of H-pyrrole nitrogens is 1. The lowest BCUT2D eigenvalue weighted by Gasteiger charge is -2.03. The van der Waals surface area contributed by atoms with Crippen molar-refractivity contribution in [1.29, 1.82) is 0 Å². The molecule has 4 heteroatoms. The van der Waals surface area contributed by atoms with Gasteiger partial charge >= 0.3 is 0 Å². The minimum Gasteiger partial charge on any atom is -0.370 e. The lowest BCUT2D eigenvalue weighted by Crippen LogP contribution is -1.97. The number of hydrogen-bond donors (Lipinski definition) is 1. The Balaban J connectivity index is 2.05. The fourth-order valence-electron chi connectivity index (χ4n) is 1.81. The van der Waals surface area contributed by atoms with Crippen LogP contribution >= 0.6 is 0 Å². The molecule has 72 valence electrons. The first-order valence-corrected chi connectivity index (χ1v) is 4.86. The van der Waals surface area contributed by atoms with Gasteiger partial charge in [-0.3, -0.25) is 0 Å². The third-order valence-corrected chi connectivity index (χ3v) is 2.51. The largest absolute Gasteiger partial charge is 0.370 e. The van der Waals surface area contributed by atoms with Crippen LogP contribution in [0.25, 0.3) is 11.2 Å². The normalized spacial score (nSPS) is 21.9. The Bertz CT molecular complexity index is 412. The van der Waals surface area contributed by atoms with E-state index >= 15 is 0 Å². The minimum absolute atomic E-state index is 0.143. The number of fused-ring (bicyclic) bond motifs is 1. The Morgan fingerprint density at radius 1 is 1.50 bits per heavy atom. The zero-order valence-electron chi connectivity index (χ0n) is 7.73. The molecule has 0 spiro atoms. The van der Waals surface area contributed by atoms with Gasteiger partial charge in [-0.05, 0) is 25.0 Å². The monoisotopic (exact) mass is 189 g/mol. The zero-order valence-corrected chi connectivity index (χ0v) is 7.73. The van der Waals surface area contributed by atoms with E-state index in [-0.39, 0.29) is 6.10 Å². The van der Waals surface area contributed by atoms with Crippen LogP contribution in [0.1, 0.15) is 24.8 Å². The highest BCUT2D eigenvalue weighted by atomic mass is 16.5. The predicted molar refractivity (Wildman–Crippen MR) is 51.8 cm³/mol. The van der Waals surface area contributed by atoms with Gasteiger partial charge in [-0.2, -0.15) is 0 Å². The van der Waals surface area contributed by atoms with Gasteiger partial charge in [-0.25, -0.2) is 9.97 Å². The fourth-order valence-corrected chi connectivity index (χ4v) is 1.81. The molecule has 0 bridgehead atoms. The van der Waals surface area contributed by atoms with Gasteiger partial charge in [0, 0.05) is 12.8 Å². The summed E-state index contributed by atoms with van der Waals surface area (Å²) in [6.07, 6.45) is 4.07. The maximum absolute atomic E-state index is 5.55. The van der Waals surface area contributed by atoms with E-state index < -0.39 is 0 Å². The Morgan fingerprint density at radius 3 is 3.29 bits per heavy atom. The highest BCUT2D eigenvalue weighted by molar-refractivity contribution is 5.69. The number of nitrogens with zero attached hydrogens (tertiary/aromatic N) is 2. The molecule has 14 heavy (non-hydrogen) atoms. The molecule has 0 radical (unpaired) electrons. The molecule has 1 aliphatic heterocycles. The number of pyridine rings is 1. The minimum atomic E-state index is 0.143. The van der Waals surface area contributed by atoms with Crippen molar-refractivity contribution in [3.05, 3.63) is 24.2 Å². The van der Waals surface area contributed by atoms with Crippen molar-refractivity contribution in [2.75, 3.05) is 6.61 Å². The smallest absolute Gasteiger partial charge is 0.177 e. The molecule has 0 saturated carbocycles. The molecule has 0 amide bonds. The molecular formula is C10H11N3O. The highest BCUT2D eigenvalue weighted by Crippen LogP contribution is 2.27. The van der Waals surface area contributed by atoms with Crippen molar-refractivity contribution in [3.63, 3.8) is 0 Å². The first kappa shape index (κ1) is 7.94. The van der Waals surface area contributed by atoms with Crippen molar-refractivity contribution in [1.82, 2.24) is 15.0 Å². The molecule has 0 aromatic carbocycles. The van der Waals surface area contributed by atoms with Gasteiger partial charge < -0.3 is 9.72 Å². The van der Waals surface area contributed by atoms with Gasteiger partial charge in [0.05, 0.1) is 5.52 Å². The van der Waals surface area contributed by atoms with Crippen LogP contribution < -0.4 is 0 Å². The van der Waals surface area contributed by atoms with E-state index in [2.05, 4.69) is 15.0 Å². The Morgan fingerprint density at radius 2 is 2.50 bits per heavy atom. The van der Waals surface area contributed by atoms with Gasteiger partial charge in [0.15, 0.2) is 5.65 Å². The molecule has 1 saturated heterocycles. The van der Waals surface area contributed by atoms with E-state index in [1.807, 2.05) is 12.1 Å². The van der Waals surface area contributed by atoms with E-state index in [9.17, 15) is 0 Å². The second-order valence-corrected chi connectivity index (χ2v) is 3.50. The summed E-state index contributed by atoms with van der Waals surface area (Å²) in [7, 11) is 0. The first-order chi connectivity index (χ1) is 6.93. The molecule has 3 heterocycles. The number of hydrogen-bond acceptors (Lipinski definition) is 3. The molecule has 2 aromatic heterocycles. The van der Waals surface area contributed by atoms with Gasteiger partial charge in [-0.15, -0.1) is 0 Å². The van der Waals surface area contributed by atoms with Crippen LogP contribution in [0.2, 0.25) is 0 Å². The molecule has 1 aliphatic rings. The summed E-state index contributed by atoms with van der Waals surface area (Å²) in [5, 5.41) is 0. The molecular weight excluding hydrogens is 178 g/mol. The molecule has 1 atom stereocenters. The number of ether oxygens (including phenoxy) is 1. The SMILES string of the molecule is c1cnc2nc(C3CCCO3)[nH]c2c1. The van der Waals surface area contributed by atoms with Gasteiger partial charge in [0.2, 0.25) is 0 Å². The zero-order chi connectivity index (χ0) is 9.38. The van der Waals surface area contributed by atoms with Crippen LogP contribution in [0.5, 0.6) is 0 Å². The third kappa shape index (κ3) is 1.19. The molecule has 3 rings (SSSR count). The van der Waals surface area contributed by atoms with E-state index in [1.165, 1.54) is 0 Å². The average Bonchev–Trinajstić information content (AvgIpc) is 2.86. The summed E-state index contributed by atoms with van der Waals surface area (Å²) in [4.78, 5) is 11.8. The quantitative estimate of drug-likeness (QED) is 0.744. The van der Waals surface area contributed by atoms with Crippen molar-refractivity contribution in [2.24, 2.45) is 0 Å². The Hall–Kier alpha value is -1.42. The van der Waals surface area contributed by atoms with E-state index in [0.29, 0.717) is 0 Å². The standard InChI is InChI=1S/C10H11N3O/c1-3-7-9(11-5-1)13-10(12-7)8-4-2-6-14-8/h1,3,5,8H,2,4,6H2,(H,11,12,13). The van der Waals surface area contributed by atoms with Gasteiger partial charge in [0.25, 0.3) is 0 Å². The number of nitrogens with one attached hydrogen (secondary N) is 1. The molecule has 1 unspecified atom stereocenters. The second kappa shape index (κ2) is 3.06. The summed E-state index contributed by atoms with van der Waals surface area (Å²) in [6, 6.07) is 3.88. The van der Waals surface area contributed by atoms with Crippen molar-refractivity contribution in [3.8, 4) is 0 Å². The maximum atomic E-state index is 5.55. The van der Waals surface area contributed by atoms with Crippen LogP contribution in [0.3, 0.4) is 0 Å². The van der Waals surface area contributed by atoms with Crippen molar-refractivity contribution in [2.45, 2.75) is 18.9 Å². The van der Waals surface area contributed by atoms with Gasteiger partial charge in [0.1, 0.15) is 11.9 Å². The van der Waals surface area contributed by atoms with Crippen LogP contribution in [-0.2, 0) is 4.74 Å². The summed E-state index contributed by atoms with van der Waals surface area (Å²) >= 11 is 0. The van der Waals surface area contributed by atoms with Crippen LogP contribution in [-0.4, -0.2) is 21.6 Å². The molecule has 4 nitrogen and oxygen atoms in total. The fraction of sp³-hybridized carbons (Fsp3) is 0.400. The van der Waals surface area contributed by atoms with Crippen LogP contribution in [0.4, 0.5) is 0 Å². The molecule has 1 fully saturated rings. The summed E-state index contributed by atoms with van der Waals surface area (Å²) < 4.78 is 5.55. The van der Waals surface area contributed by atoms with E-state index in [4.69, 9.17) is 4.74 Å². The number of rotatable bonds is 1. The Kier molecular flexibility index (Phi) is 1.73. The summed E-state index contributed by atoms with van der Waals surface area (Å²) in [6.45, 7) is 0.842. The van der Waals surface area contributed by atoms with E-state index in [1.54, 1.807) is 6.20 Å². The molecule has 0 aliphatic carbocycles. The molecule has 1 N–H and O–H groups in total. The van der Waals surface area contributed by atoms with Crippen LogP contribution in [0, 0.1) is 0 Å². The van der Waals surface area contributed by atoms with Crippen molar-refractivity contribution >= 4 is 11.2 Å². The second-order valence-electron chi connectivity index (χ2n) is 3.50. The lowest BCUT2D eigenvalue weighted by atomic mass is 10.2. The topological polar surface area (TPSA) is 50.8 Å². The maximum Gasteiger partial charge on any atom is 0.177 e. The average molecular weight is 189 g/mol. The molecule has 2 aromatic rings. The van der Waals surface area contributed by atoms with Crippen molar-refractivity contribution < 1.29 is 4.74 Å².